The third-order valence-electron chi connectivity index (χ3n) is 1.55. The predicted octanol–water partition coefficient (Wildman–Crippen LogP) is -1.08. The maximum absolute atomic E-state index is 10.9. The van der Waals surface area contributed by atoms with Crippen molar-refractivity contribution >= 4 is 6.03 Å². The van der Waals surface area contributed by atoms with Crippen molar-refractivity contribution in [1.82, 2.24) is 21.1 Å². The Morgan fingerprint density at radius 2 is 2.40 bits per heavy atom. The molecule has 2 aliphatic heterocycles. The summed E-state index contributed by atoms with van der Waals surface area (Å²) in [6.07, 6.45) is 1.78. The first-order valence-electron chi connectivity index (χ1n) is 3.15. The maximum Gasteiger partial charge on any atom is 0.341 e. The van der Waals surface area contributed by atoms with Crippen LogP contribution in [0.1, 0.15) is 0 Å². The number of hydrazine groups is 1. The van der Waals surface area contributed by atoms with Crippen LogP contribution >= 0.6 is 0 Å². The van der Waals surface area contributed by atoms with Crippen LogP contribution in [0, 0.1) is 0 Å². The highest BCUT2D eigenvalue weighted by Gasteiger charge is 2.25. The molecule has 1 saturated heterocycles. The molecule has 0 aromatic carbocycles. The molecule has 0 bridgehead atoms. The summed E-state index contributed by atoms with van der Waals surface area (Å²) in [7, 11) is 0. The summed E-state index contributed by atoms with van der Waals surface area (Å²) in [5.74, 6) is 0.802. The van der Waals surface area contributed by atoms with E-state index in [0.717, 1.165) is 18.9 Å². The smallest absolute Gasteiger partial charge is 0.341 e. The third-order valence-corrected chi connectivity index (χ3v) is 1.55. The van der Waals surface area contributed by atoms with Gasteiger partial charge in [-0.3, -0.25) is 10.3 Å². The molecule has 2 heterocycles. The molecule has 5 nitrogen and oxygen atoms in total. The number of amides is 2. The number of fused-ring (bicyclic) bond motifs is 1. The molecule has 0 spiro atoms. The van der Waals surface area contributed by atoms with Gasteiger partial charge in [0.25, 0.3) is 0 Å². The van der Waals surface area contributed by atoms with E-state index in [1.807, 2.05) is 0 Å². The summed E-state index contributed by atoms with van der Waals surface area (Å²) < 4.78 is 0. The van der Waals surface area contributed by atoms with E-state index in [0.29, 0.717) is 0 Å². The second-order valence-electron chi connectivity index (χ2n) is 2.19. The minimum Gasteiger partial charge on any atom is -0.386 e. The Balaban J connectivity index is 2.25. The fourth-order valence-corrected chi connectivity index (χ4v) is 1.04. The van der Waals surface area contributed by atoms with Gasteiger partial charge in [0.2, 0.25) is 0 Å². The van der Waals surface area contributed by atoms with Gasteiger partial charge < -0.3 is 5.32 Å². The highest BCUT2D eigenvalue weighted by molar-refractivity contribution is 5.78. The number of urea groups is 1. The number of hydrogen-bond donors (Lipinski definition) is 3. The van der Waals surface area contributed by atoms with Gasteiger partial charge in [0.1, 0.15) is 5.82 Å². The topological polar surface area (TPSA) is 56.4 Å². The van der Waals surface area contributed by atoms with Crippen molar-refractivity contribution in [2.75, 3.05) is 13.1 Å². The van der Waals surface area contributed by atoms with Crippen molar-refractivity contribution in [3.05, 3.63) is 12.0 Å². The molecule has 10 heavy (non-hydrogen) atoms. The second kappa shape index (κ2) is 1.80. The molecular weight excluding hydrogens is 132 g/mol. The van der Waals surface area contributed by atoms with Crippen LogP contribution in [0.3, 0.4) is 0 Å². The standard InChI is InChI=1S/C5H8N4O/c10-5-8-7-4-3-6-1-2-9(4)5/h3,6-7H,1-2H2,(H,8,10). The number of carbonyl (C=O) groups excluding carboxylic acids is 1. The Morgan fingerprint density at radius 1 is 1.50 bits per heavy atom. The van der Waals surface area contributed by atoms with Gasteiger partial charge in [-0.2, -0.15) is 0 Å². The van der Waals surface area contributed by atoms with E-state index < -0.39 is 0 Å². The third kappa shape index (κ3) is 0.601. The largest absolute Gasteiger partial charge is 0.386 e. The summed E-state index contributed by atoms with van der Waals surface area (Å²) >= 11 is 0. The fourth-order valence-electron chi connectivity index (χ4n) is 1.04. The minimum atomic E-state index is -0.0762. The van der Waals surface area contributed by atoms with Crippen LogP contribution in [0.4, 0.5) is 4.79 Å². The first-order chi connectivity index (χ1) is 4.88. The molecule has 5 heteroatoms. The highest BCUT2D eigenvalue weighted by atomic mass is 16.2. The van der Waals surface area contributed by atoms with Crippen LogP contribution in [-0.2, 0) is 0 Å². The molecule has 0 atom stereocenters. The van der Waals surface area contributed by atoms with E-state index in [-0.39, 0.29) is 6.03 Å². The molecule has 0 saturated carbocycles. The van der Waals surface area contributed by atoms with Gasteiger partial charge in [0.05, 0.1) is 0 Å². The monoisotopic (exact) mass is 140 g/mol. The molecule has 2 aliphatic rings. The highest BCUT2D eigenvalue weighted by Crippen LogP contribution is 2.06. The molecule has 0 aliphatic carbocycles. The zero-order chi connectivity index (χ0) is 6.97. The molecule has 3 N–H and O–H groups in total. The number of carbonyl (C=O) groups is 1. The summed E-state index contributed by atoms with van der Waals surface area (Å²) in [6, 6.07) is -0.0762. The van der Waals surface area contributed by atoms with Crippen molar-refractivity contribution in [1.29, 1.82) is 0 Å². The Hall–Kier alpha value is -1.39. The summed E-state index contributed by atoms with van der Waals surface area (Å²) in [5.41, 5.74) is 5.22. The van der Waals surface area contributed by atoms with E-state index in [9.17, 15) is 4.79 Å². The van der Waals surface area contributed by atoms with Gasteiger partial charge in [-0.05, 0) is 0 Å². The van der Waals surface area contributed by atoms with Crippen molar-refractivity contribution in [3.8, 4) is 0 Å². The van der Waals surface area contributed by atoms with Crippen LogP contribution in [-0.4, -0.2) is 24.0 Å². The van der Waals surface area contributed by atoms with Crippen molar-refractivity contribution in [2.45, 2.75) is 0 Å². The lowest BCUT2D eigenvalue weighted by atomic mass is 10.4. The van der Waals surface area contributed by atoms with Gasteiger partial charge >= 0.3 is 6.03 Å². The molecule has 0 unspecified atom stereocenters. The molecule has 1 fully saturated rings. The lowest BCUT2D eigenvalue weighted by Crippen LogP contribution is -2.36. The van der Waals surface area contributed by atoms with E-state index in [4.69, 9.17) is 0 Å². The molecule has 2 amide bonds. The molecule has 54 valence electrons. The SMILES string of the molecule is O=C1NNC2=CNCCN12. The Kier molecular flexibility index (Phi) is 0.969. The average molecular weight is 140 g/mol. The quantitative estimate of drug-likeness (QED) is 0.401. The fraction of sp³-hybridized carbons (Fsp3) is 0.400. The molecule has 0 radical (unpaired) electrons. The number of rotatable bonds is 0. The van der Waals surface area contributed by atoms with Crippen LogP contribution in [0.5, 0.6) is 0 Å². The van der Waals surface area contributed by atoms with Gasteiger partial charge in [0, 0.05) is 19.3 Å². The zero-order valence-corrected chi connectivity index (χ0v) is 5.35. The molecule has 2 rings (SSSR count). The van der Waals surface area contributed by atoms with Crippen LogP contribution in [0.25, 0.3) is 0 Å². The van der Waals surface area contributed by atoms with E-state index >= 15 is 0 Å². The second-order valence-corrected chi connectivity index (χ2v) is 2.19. The zero-order valence-electron chi connectivity index (χ0n) is 5.35. The lowest BCUT2D eigenvalue weighted by molar-refractivity contribution is 0.222. The minimum absolute atomic E-state index is 0.0762. The normalized spacial score (nSPS) is 22.2. The van der Waals surface area contributed by atoms with Crippen molar-refractivity contribution < 1.29 is 4.79 Å². The number of nitrogens with zero attached hydrogens (tertiary/aromatic N) is 1. The van der Waals surface area contributed by atoms with Gasteiger partial charge in [-0.15, -0.1) is 0 Å². The molecular formula is C5H8N4O. The van der Waals surface area contributed by atoms with E-state index in [1.165, 1.54) is 0 Å². The van der Waals surface area contributed by atoms with E-state index in [2.05, 4.69) is 16.2 Å². The summed E-state index contributed by atoms with van der Waals surface area (Å²) in [6.45, 7) is 1.54. The van der Waals surface area contributed by atoms with Crippen molar-refractivity contribution in [2.24, 2.45) is 0 Å². The van der Waals surface area contributed by atoms with Crippen LogP contribution < -0.4 is 16.2 Å². The van der Waals surface area contributed by atoms with Gasteiger partial charge in [-0.1, -0.05) is 0 Å². The summed E-state index contributed by atoms with van der Waals surface area (Å²) in [4.78, 5) is 12.5. The first-order valence-corrected chi connectivity index (χ1v) is 3.15. The average Bonchev–Trinajstić information content (AvgIpc) is 2.34. The lowest BCUT2D eigenvalue weighted by Gasteiger charge is -2.19. The predicted molar refractivity (Wildman–Crippen MR) is 34.5 cm³/mol. The number of nitrogens with one attached hydrogen (secondary N) is 3. The molecule has 0 aromatic heterocycles. The van der Waals surface area contributed by atoms with E-state index in [1.54, 1.807) is 11.1 Å². The molecule has 0 aromatic rings. The Labute approximate surface area is 58.0 Å². The van der Waals surface area contributed by atoms with Gasteiger partial charge in [0.15, 0.2) is 0 Å². The van der Waals surface area contributed by atoms with Crippen LogP contribution in [0.2, 0.25) is 0 Å². The van der Waals surface area contributed by atoms with Crippen LogP contribution in [0.15, 0.2) is 12.0 Å². The first kappa shape index (κ1) is 5.40. The Bertz CT molecular complexity index is 200. The van der Waals surface area contributed by atoms with Crippen molar-refractivity contribution in [3.63, 3.8) is 0 Å². The summed E-state index contributed by atoms with van der Waals surface area (Å²) in [5, 5.41) is 3.02. The maximum atomic E-state index is 10.9. The number of hydrogen-bond acceptors (Lipinski definition) is 3. The Morgan fingerprint density at radius 3 is 3.20 bits per heavy atom. The van der Waals surface area contributed by atoms with Gasteiger partial charge in [-0.25, -0.2) is 10.2 Å².